The number of aliphatic imine (C=N–C) groups is 1. The molecule has 0 aliphatic rings. The summed E-state index contributed by atoms with van der Waals surface area (Å²) < 4.78 is 5.58. The predicted octanol–water partition coefficient (Wildman–Crippen LogP) is 3.00. The molecule has 0 saturated heterocycles. The molecule has 0 aliphatic heterocycles. The molecule has 2 rings (SSSR count). The molecule has 0 amide bonds. The molecule has 1 atom stereocenters. The molecule has 124 valence electrons. The van der Waals surface area contributed by atoms with Gasteiger partial charge in [0.1, 0.15) is 12.4 Å². The van der Waals surface area contributed by atoms with Crippen LogP contribution in [0.1, 0.15) is 18.5 Å². The Labute approximate surface area is 154 Å². The van der Waals surface area contributed by atoms with E-state index in [4.69, 9.17) is 4.74 Å². The van der Waals surface area contributed by atoms with Crippen molar-refractivity contribution >= 4 is 29.9 Å². The number of nitrogens with one attached hydrogen (secondary N) is 2. The summed E-state index contributed by atoms with van der Waals surface area (Å²) in [5, 5.41) is 6.59. The van der Waals surface area contributed by atoms with Gasteiger partial charge in [0.25, 0.3) is 0 Å². The lowest BCUT2D eigenvalue weighted by atomic mass is 10.1. The molecule has 1 unspecified atom stereocenters. The summed E-state index contributed by atoms with van der Waals surface area (Å²) >= 11 is 0. The van der Waals surface area contributed by atoms with Gasteiger partial charge in [-0.15, -0.1) is 24.0 Å². The van der Waals surface area contributed by atoms with Crippen LogP contribution in [-0.2, 0) is 0 Å². The van der Waals surface area contributed by atoms with Crippen molar-refractivity contribution in [1.82, 2.24) is 15.6 Å². The summed E-state index contributed by atoms with van der Waals surface area (Å²) in [5.74, 6) is 1.52. The fourth-order valence-corrected chi connectivity index (χ4v) is 2.00. The Balaban J connectivity index is 0.00000264. The topological polar surface area (TPSA) is 58.5 Å². The zero-order valence-corrected chi connectivity index (χ0v) is 15.7. The quantitative estimate of drug-likeness (QED) is 0.323. The number of hydrogen-bond acceptors (Lipinski definition) is 3. The second kappa shape index (κ2) is 10.8. The second-order valence-electron chi connectivity index (χ2n) is 4.81. The lowest BCUT2D eigenvalue weighted by molar-refractivity contribution is 0.320. The summed E-state index contributed by atoms with van der Waals surface area (Å²) in [6, 6.07) is 14.2. The molecule has 2 N–H and O–H groups in total. The third-order valence-electron chi connectivity index (χ3n) is 3.17. The summed E-state index contributed by atoms with van der Waals surface area (Å²) in [7, 11) is 1.76. The number of nitrogens with zero attached hydrogens (tertiary/aromatic N) is 2. The van der Waals surface area contributed by atoms with Crippen molar-refractivity contribution in [1.29, 1.82) is 0 Å². The minimum absolute atomic E-state index is 0. The minimum Gasteiger partial charge on any atom is -0.490 e. The normalized spacial score (nSPS) is 12.0. The van der Waals surface area contributed by atoms with Crippen LogP contribution in [-0.4, -0.2) is 31.1 Å². The number of rotatable bonds is 6. The van der Waals surface area contributed by atoms with Crippen LogP contribution >= 0.6 is 24.0 Å². The molecule has 1 heterocycles. The molecule has 0 spiro atoms. The molecular weight excluding hydrogens is 403 g/mol. The summed E-state index contributed by atoms with van der Waals surface area (Å²) in [4.78, 5) is 8.23. The average Bonchev–Trinajstić information content (AvgIpc) is 2.59. The molecule has 1 aromatic heterocycles. The van der Waals surface area contributed by atoms with Gasteiger partial charge < -0.3 is 15.4 Å². The van der Waals surface area contributed by atoms with E-state index in [2.05, 4.69) is 39.7 Å². The van der Waals surface area contributed by atoms with E-state index in [0.717, 1.165) is 11.7 Å². The van der Waals surface area contributed by atoms with Crippen molar-refractivity contribution in [3.05, 3.63) is 60.4 Å². The van der Waals surface area contributed by atoms with Crippen LogP contribution in [0.4, 0.5) is 0 Å². The molecule has 0 fully saturated rings. The number of aromatic nitrogens is 1. The van der Waals surface area contributed by atoms with E-state index in [1.165, 1.54) is 5.56 Å². The van der Waals surface area contributed by atoms with Crippen LogP contribution in [0.2, 0.25) is 0 Å². The van der Waals surface area contributed by atoms with Gasteiger partial charge in [0, 0.05) is 13.2 Å². The Morgan fingerprint density at radius 3 is 2.65 bits per heavy atom. The maximum absolute atomic E-state index is 5.58. The SMILES string of the molecule is CN=C(NCCOc1cccnc1)NC(C)c1ccccc1.I. The lowest BCUT2D eigenvalue weighted by Gasteiger charge is -2.18. The van der Waals surface area contributed by atoms with Crippen molar-refractivity contribution < 1.29 is 4.74 Å². The van der Waals surface area contributed by atoms with Gasteiger partial charge in [-0.2, -0.15) is 0 Å². The minimum atomic E-state index is 0. The van der Waals surface area contributed by atoms with Crippen molar-refractivity contribution in [3.63, 3.8) is 0 Å². The van der Waals surface area contributed by atoms with Gasteiger partial charge in [-0.05, 0) is 24.6 Å². The predicted molar refractivity (Wildman–Crippen MR) is 105 cm³/mol. The van der Waals surface area contributed by atoms with Crippen LogP contribution < -0.4 is 15.4 Å². The Hall–Kier alpha value is -1.83. The third-order valence-corrected chi connectivity index (χ3v) is 3.17. The molecule has 0 saturated carbocycles. The molecule has 2 aromatic rings. The van der Waals surface area contributed by atoms with Crippen LogP contribution in [0, 0.1) is 0 Å². The first-order valence-corrected chi connectivity index (χ1v) is 7.34. The van der Waals surface area contributed by atoms with Crippen molar-refractivity contribution in [2.24, 2.45) is 4.99 Å². The molecule has 23 heavy (non-hydrogen) atoms. The maximum atomic E-state index is 5.58. The number of pyridine rings is 1. The number of hydrogen-bond donors (Lipinski definition) is 2. The zero-order valence-electron chi connectivity index (χ0n) is 13.4. The Bertz CT molecular complexity index is 578. The monoisotopic (exact) mass is 426 g/mol. The molecule has 1 aromatic carbocycles. The standard InChI is InChI=1S/C17H22N4O.HI/c1-14(15-7-4-3-5-8-15)21-17(18-2)20-11-12-22-16-9-6-10-19-13-16;/h3-10,13-14H,11-12H2,1-2H3,(H2,18,20,21);1H. The molecule has 0 radical (unpaired) electrons. The summed E-state index contributed by atoms with van der Waals surface area (Å²) in [6.45, 7) is 3.32. The van der Waals surface area contributed by atoms with Crippen LogP contribution in [0.15, 0.2) is 59.9 Å². The Morgan fingerprint density at radius 1 is 1.22 bits per heavy atom. The van der Waals surface area contributed by atoms with Crippen LogP contribution in [0.5, 0.6) is 5.75 Å². The second-order valence-corrected chi connectivity index (χ2v) is 4.81. The smallest absolute Gasteiger partial charge is 0.191 e. The Kier molecular flexibility index (Phi) is 9.04. The van der Waals surface area contributed by atoms with Gasteiger partial charge in [-0.25, -0.2) is 0 Å². The fourth-order valence-electron chi connectivity index (χ4n) is 2.00. The van der Waals surface area contributed by atoms with Crippen molar-refractivity contribution in [3.8, 4) is 5.75 Å². The van der Waals surface area contributed by atoms with E-state index < -0.39 is 0 Å². The molecule has 5 nitrogen and oxygen atoms in total. The molecular formula is C17H23IN4O. The number of guanidine groups is 1. The number of halogens is 1. The van der Waals surface area contributed by atoms with E-state index in [0.29, 0.717) is 13.2 Å². The molecule has 6 heteroatoms. The highest BCUT2D eigenvalue weighted by Gasteiger charge is 2.06. The first-order chi connectivity index (χ1) is 10.8. The Morgan fingerprint density at radius 2 is 2.00 bits per heavy atom. The maximum Gasteiger partial charge on any atom is 0.191 e. The van der Waals surface area contributed by atoms with Crippen LogP contribution in [0.3, 0.4) is 0 Å². The number of benzene rings is 1. The third kappa shape index (κ3) is 6.85. The first kappa shape index (κ1) is 19.2. The first-order valence-electron chi connectivity index (χ1n) is 7.34. The largest absolute Gasteiger partial charge is 0.490 e. The van der Waals surface area contributed by atoms with Crippen LogP contribution in [0.25, 0.3) is 0 Å². The van der Waals surface area contributed by atoms with Gasteiger partial charge in [0.2, 0.25) is 0 Å². The lowest BCUT2D eigenvalue weighted by Crippen LogP contribution is -2.40. The van der Waals surface area contributed by atoms with E-state index in [1.54, 1.807) is 19.4 Å². The highest BCUT2D eigenvalue weighted by Crippen LogP contribution is 2.10. The van der Waals surface area contributed by atoms with Gasteiger partial charge in [0.15, 0.2) is 5.96 Å². The van der Waals surface area contributed by atoms with Crippen molar-refractivity contribution in [2.75, 3.05) is 20.2 Å². The zero-order chi connectivity index (χ0) is 15.6. The number of ether oxygens (including phenoxy) is 1. The van der Waals surface area contributed by atoms with Gasteiger partial charge >= 0.3 is 0 Å². The highest BCUT2D eigenvalue weighted by atomic mass is 127. The highest BCUT2D eigenvalue weighted by molar-refractivity contribution is 14.0. The van der Waals surface area contributed by atoms with Gasteiger partial charge in [0.05, 0.1) is 18.8 Å². The van der Waals surface area contributed by atoms with E-state index >= 15 is 0 Å². The molecule has 0 aliphatic carbocycles. The van der Waals surface area contributed by atoms with E-state index in [-0.39, 0.29) is 30.0 Å². The van der Waals surface area contributed by atoms with Gasteiger partial charge in [-0.3, -0.25) is 9.98 Å². The van der Waals surface area contributed by atoms with E-state index in [1.807, 2.05) is 30.3 Å². The average molecular weight is 426 g/mol. The van der Waals surface area contributed by atoms with Crippen molar-refractivity contribution in [2.45, 2.75) is 13.0 Å². The van der Waals surface area contributed by atoms with Gasteiger partial charge in [-0.1, -0.05) is 30.3 Å². The summed E-state index contributed by atoms with van der Waals surface area (Å²) in [5.41, 5.74) is 1.22. The van der Waals surface area contributed by atoms with E-state index in [9.17, 15) is 0 Å². The molecule has 0 bridgehead atoms. The fraction of sp³-hybridized carbons (Fsp3) is 0.294. The summed E-state index contributed by atoms with van der Waals surface area (Å²) in [6.07, 6.45) is 3.42.